The SMILES string of the molecule is CCOc1ccn(-c2ccc(F)cc2)c(=O)c1C(=O)Nc1cc(F)c(Oc2ccnc(-c3cnn(CC)c3)c2)cc1F. The Bertz CT molecular complexity index is 1820. The van der Waals surface area contributed by atoms with Crippen molar-refractivity contribution < 1.29 is 27.4 Å². The van der Waals surface area contributed by atoms with E-state index in [2.05, 4.69) is 15.4 Å². The van der Waals surface area contributed by atoms with Crippen LogP contribution in [0.25, 0.3) is 16.9 Å². The number of anilines is 1. The number of rotatable bonds is 9. The molecule has 0 aliphatic rings. The molecule has 0 spiro atoms. The fourth-order valence-electron chi connectivity index (χ4n) is 4.12. The molecular weight excluding hydrogens is 551 g/mol. The van der Waals surface area contributed by atoms with Crippen molar-refractivity contribution >= 4 is 11.6 Å². The van der Waals surface area contributed by atoms with Gasteiger partial charge in [-0.2, -0.15) is 5.10 Å². The van der Waals surface area contributed by atoms with Crippen molar-refractivity contribution in [2.24, 2.45) is 0 Å². The van der Waals surface area contributed by atoms with Crippen molar-refractivity contribution in [1.29, 1.82) is 0 Å². The van der Waals surface area contributed by atoms with E-state index >= 15 is 8.78 Å². The van der Waals surface area contributed by atoms with Gasteiger partial charge in [-0.3, -0.25) is 23.8 Å². The molecule has 3 heterocycles. The standard InChI is InChI=1S/C30H24F3N5O4/c1-3-37-17-18(16-35-37)24-13-21(9-11-34-24)42-27-15-22(32)25(14-23(27)33)36-29(39)28-26(41-4-2)10-12-38(30(28)40)20-7-5-19(31)6-8-20/h5-17H,3-4H2,1-2H3,(H,36,39). The molecule has 9 nitrogen and oxygen atoms in total. The first kappa shape index (κ1) is 28.1. The number of pyridine rings is 2. The maximum atomic E-state index is 15.1. The fraction of sp³-hybridized carbons (Fsp3) is 0.133. The lowest BCUT2D eigenvalue weighted by atomic mass is 10.2. The summed E-state index contributed by atoms with van der Waals surface area (Å²) in [4.78, 5) is 30.7. The average molecular weight is 576 g/mol. The molecule has 3 aromatic heterocycles. The molecule has 5 aromatic rings. The van der Waals surface area contributed by atoms with Gasteiger partial charge in [-0.15, -0.1) is 0 Å². The summed E-state index contributed by atoms with van der Waals surface area (Å²) in [5.74, 6) is -3.80. The number of carbonyl (C=O) groups is 1. The van der Waals surface area contributed by atoms with E-state index in [1.165, 1.54) is 36.7 Å². The van der Waals surface area contributed by atoms with Crippen LogP contribution in [-0.4, -0.2) is 31.8 Å². The summed E-state index contributed by atoms with van der Waals surface area (Å²) >= 11 is 0. The molecule has 5 rings (SSSR count). The molecule has 42 heavy (non-hydrogen) atoms. The zero-order valence-corrected chi connectivity index (χ0v) is 22.5. The predicted molar refractivity (Wildman–Crippen MR) is 149 cm³/mol. The minimum Gasteiger partial charge on any atom is -0.493 e. The number of hydrogen-bond acceptors (Lipinski definition) is 6. The zero-order chi connectivity index (χ0) is 29.8. The van der Waals surface area contributed by atoms with E-state index in [4.69, 9.17) is 9.47 Å². The summed E-state index contributed by atoms with van der Waals surface area (Å²) in [6.45, 7) is 4.40. The zero-order valence-electron chi connectivity index (χ0n) is 22.5. The summed E-state index contributed by atoms with van der Waals surface area (Å²) in [6, 6.07) is 11.0. The highest BCUT2D eigenvalue weighted by molar-refractivity contribution is 6.06. The molecule has 2 aromatic carbocycles. The molecule has 12 heteroatoms. The van der Waals surface area contributed by atoms with Crippen LogP contribution in [0.1, 0.15) is 24.2 Å². The lowest BCUT2D eigenvalue weighted by Gasteiger charge is -2.14. The molecule has 0 bridgehead atoms. The van der Waals surface area contributed by atoms with E-state index in [0.717, 1.165) is 34.4 Å². The lowest BCUT2D eigenvalue weighted by molar-refractivity contribution is 0.102. The number of ether oxygens (including phenoxy) is 2. The summed E-state index contributed by atoms with van der Waals surface area (Å²) < 4.78 is 57.4. The number of aromatic nitrogens is 4. The second kappa shape index (κ2) is 12.0. The van der Waals surface area contributed by atoms with Gasteiger partial charge in [0.05, 0.1) is 24.2 Å². The van der Waals surface area contributed by atoms with Crippen LogP contribution in [0, 0.1) is 17.5 Å². The van der Waals surface area contributed by atoms with E-state index in [1.807, 2.05) is 6.92 Å². The molecule has 0 aliphatic heterocycles. The van der Waals surface area contributed by atoms with Gasteiger partial charge in [0.1, 0.15) is 22.9 Å². The van der Waals surface area contributed by atoms with E-state index in [1.54, 1.807) is 30.1 Å². The molecule has 0 unspecified atom stereocenters. The van der Waals surface area contributed by atoms with Crippen LogP contribution in [0.15, 0.2) is 84.2 Å². The second-order valence-corrected chi connectivity index (χ2v) is 8.92. The lowest BCUT2D eigenvalue weighted by Crippen LogP contribution is -2.29. The highest BCUT2D eigenvalue weighted by atomic mass is 19.1. The first-order valence-electron chi connectivity index (χ1n) is 12.9. The maximum Gasteiger partial charge on any atom is 0.271 e. The first-order valence-corrected chi connectivity index (χ1v) is 12.9. The molecule has 1 amide bonds. The van der Waals surface area contributed by atoms with Crippen LogP contribution in [0.3, 0.4) is 0 Å². The van der Waals surface area contributed by atoms with E-state index in [-0.39, 0.29) is 23.8 Å². The smallest absolute Gasteiger partial charge is 0.271 e. The van der Waals surface area contributed by atoms with Crippen molar-refractivity contribution in [3.8, 4) is 34.2 Å². The number of benzene rings is 2. The average Bonchev–Trinajstić information content (AvgIpc) is 3.46. The van der Waals surface area contributed by atoms with Crippen LogP contribution in [0.4, 0.5) is 18.9 Å². The number of nitrogens with zero attached hydrogens (tertiary/aromatic N) is 4. The van der Waals surface area contributed by atoms with Crippen LogP contribution >= 0.6 is 0 Å². The topological polar surface area (TPSA) is 100 Å². The number of halogens is 3. The fourth-order valence-corrected chi connectivity index (χ4v) is 4.12. The van der Waals surface area contributed by atoms with Gasteiger partial charge in [0, 0.05) is 54.6 Å². The van der Waals surface area contributed by atoms with Crippen molar-refractivity contribution in [2.75, 3.05) is 11.9 Å². The van der Waals surface area contributed by atoms with Gasteiger partial charge in [-0.1, -0.05) is 0 Å². The Labute approximate surface area is 237 Å². The van der Waals surface area contributed by atoms with Crippen LogP contribution in [0.5, 0.6) is 17.2 Å². The summed E-state index contributed by atoms with van der Waals surface area (Å²) in [5.41, 5.74) is -0.237. The Morgan fingerprint density at radius 3 is 2.48 bits per heavy atom. The first-order chi connectivity index (χ1) is 20.3. The molecule has 0 saturated carbocycles. The Hall–Kier alpha value is -5.39. The molecule has 0 saturated heterocycles. The minimum absolute atomic E-state index is 0.0582. The number of carbonyl (C=O) groups excluding carboxylic acids is 1. The van der Waals surface area contributed by atoms with E-state index in [9.17, 15) is 14.0 Å². The summed E-state index contributed by atoms with van der Waals surface area (Å²) in [6.07, 6.45) is 6.25. The Morgan fingerprint density at radius 1 is 0.976 bits per heavy atom. The normalized spacial score (nSPS) is 10.9. The maximum absolute atomic E-state index is 15.1. The third-order valence-electron chi connectivity index (χ3n) is 6.17. The highest BCUT2D eigenvalue weighted by Crippen LogP contribution is 2.31. The monoisotopic (exact) mass is 575 g/mol. The predicted octanol–water partition coefficient (Wildman–Crippen LogP) is 5.98. The number of aryl methyl sites for hydroxylation is 1. The number of hydrogen-bond donors (Lipinski definition) is 1. The number of amides is 1. The molecule has 214 valence electrons. The molecule has 1 N–H and O–H groups in total. The molecular formula is C30H24F3N5O4. The van der Waals surface area contributed by atoms with E-state index < -0.39 is 45.9 Å². The van der Waals surface area contributed by atoms with Gasteiger partial charge in [0.25, 0.3) is 11.5 Å². The minimum atomic E-state index is -1.03. The largest absolute Gasteiger partial charge is 0.493 e. The van der Waals surface area contributed by atoms with Crippen LogP contribution in [0.2, 0.25) is 0 Å². The Balaban J connectivity index is 1.41. The van der Waals surface area contributed by atoms with Gasteiger partial charge in [0.2, 0.25) is 0 Å². The van der Waals surface area contributed by atoms with Crippen molar-refractivity contribution in [3.63, 3.8) is 0 Å². The number of nitrogens with one attached hydrogen (secondary N) is 1. The van der Waals surface area contributed by atoms with Gasteiger partial charge in [-0.05, 0) is 50.2 Å². The van der Waals surface area contributed by atoms with Gasteiger partial charge < -0.3 is 14.8 Å². The summed E-state index contributed by atoms with van der Waals surface area (Å²) in [5, 5.41) is 6.44. The van der Waals surface area contributed by atoms with E-state index in [0.29, 0.717) is 12.2 Å². The van der Waals surface area contributed by atoms with Gasteiger partial charge in [0.15, 0.2) is 17.4 Å². The van der Waals surface area contributed by atoms with Crippen LogP contribution in [-0.2, 0) is 6.54 Å². The summed E-state index contributed by atoms with van der Waals surface area (Å²) in [7, 11) is 0. The highest BCUT2D eigenvalue weighted by Gasteiger charge is 2.22. The molecule has 0 aliphatic carbocycles. The third-order valence-corrected chi connectivity index (χ3v) is 6.17. The van der Waals surface area contributed by atoms with Gasteiger partial charge in [-0.25, -0.2) is 13.2 Å². The Morgan fingerprint density at radius 2 is 1.76 bits per heavy atom. The molecule has 0 fully saturated rings. The van der Waals surface area contributed by atoms with Crippen LogP contribution < -0.4 is 20.3 Å². The molecule has 0 radical (unpaired) electrons. The van der Waals surface area contributed by atoms with Crippen molar-refractivity contribution in [3.05, 3.63) is 113 Å². The third kappa shape index (κ3) is 5.87. The van der Waals surface area contributed by atoms with Gasteiger partial charge >= 0.3 is 0 Å². The van der Waals surface area contributed by atoms with Crippen molar-refractivity contribution in [1.82, 2.24) is 19.3 Å². The Kier molecular flexibility index (Phi) is 8.05. The van der Waals surface area contributed by atoms with Crippen molar-refractivity contribution in [2.45, 2.75) is 20.4 Å². The molecule has 0 atom stereocenters. The second-order valence-electron chi connectivity index (χ2n) is 8.92. The quantitative estimate of drug-likeness (QED) is 0.232.